The molecular formula is C26H23NO3S. The van der Waals surface area contributed by atoms with Crippen LogP contribution in [0.15, 0.2) is 90.3 Å². The molecule has 0 saturated carbocycles. The van der Waals surface area contributed by atoms with E-state index >= 15 is 0 Å². The van der Waals surface area contributed by atoms with Crippen LogP contribution in [0.3, 0.4) is 0 Å². The lowest BCUT2D eigenvalue weighted by molar-refractivity contribution is -0.149. The van der Waals surface area contributed by atoms with E-state index in [0.29, 0.717) is 6.61 Å². The minimum absolute atomic E-state index is 0.231. The Morgan fingerprint density at radius 1 is 0.839 bits per heavy atom. The minimum atomic E-state index is -0.309. The fourth-order valence-corrected chi connectivity index (χ4v) is 4.30. The van der Waals surface area contributed by atoms with Gasteiger partial charge in [-0.15, -0.1) is 11.3 Å². The second kappa shape index (κ2) is 10.1. The normalized spacial score (nSPS) is 10.6. The molecule has 0 aliphatic rings. The zero-order chi connectivity index (χ0) is 21.5. The lowest BCUT2D eigenvalue weighted by atomic mass is 10.0. The van der Waals surface area contributed by atoms with Gasteiger partial charge in [0.2, 0.25) is 0 Å². The first-order chi connectivity index (χ1) is 15.2. The molecule has 4 aromatic rings. The van der Waals surface area contributed by atoms with Gasteiger partial charge in [0, 0.05) is 23.1 Å². The van der Waals surface area contributed by atoms with Crippen LogP contribution in [0.1, 0.15) is 11.1 Å². The van der Waals surface area contributed by atoms with Crippen LogP contribution in [-0.4, -0.2) is 13.0 Å². The van der Waals surface area contributed by atoms with Crippen LogP contribution < -0.4 is 10.2 Å². The van der Waals surface area contributed by atoms with E-state index in [1.165, 1.54) is 4.88 Å². The Morgan fingerprint density at radius 2 is 1.58 bits per heavy atom. The number of hydrogen-bond acceptors (Lipinski definition) is 5. The first kappa shape index (κ1) is 20.8. The molecular weight excluding hydrogens is 406 g/mol. The fourth-order valence-electron chi connectivity index (χ4n) is 3.39. The number of rotatable bonds is 8. The van der Waals surface area contributed by atoms with Crippen LogP contribution in [0.2, 0.25) is 0 Å². The van der Waals surface area contributed by atoms with Crippen molar-refractivity contribution < 1.29 is 14.4 Å². The Balaban J connectivity index is 1.57. The quantitative estimate of drug-likeness (QED) is 0.355. The SMILES string of the molecule is CNOC(=O)Cc1ccc(-c2sccc2-c2ccccc2OCc2ccccc2)cc1. The Bertz CT molecular complexity index is 1140. The van der Waals surface area contributed by atoms with E-state index in [4.69, 9.17) is 9.57 Å². The molecule has 1 heterocycles. The summed E-state index contributed by atoms with van der Waals surface area (Å²) in [5.41, 5.74) is 7.77. The predicted molar refractivity (Wildman–Crippen MR) is 125 cm³/mol. The highest BCUT2D eigenvalue weighted by Crippen LogP contribution is 2.41. The minimum Gasteiger partial charge on any atom is -0.488 e. The molecule has 1 N–H and O–H groups in total. The van der Waals surface area contributed by atoms with Crippen LogP contribution in [0, 0.1) is 0 Å². The van der Waals surface area contributed by atoms with E-state index in [2.05, 4.69) is 35.1 Å². The number of thiophene rings is 1. The van der Waals surface area contributed by atoms with Gasteiger partial charge in [-0.2, -0.15) is 5.48 Å². The molecule has 0 fully saturated rings. The van der Waals surface area contributed by atoms with Crippen molar-refractivity contribution in [2.24, 2.45) is 0 Å². The van der Waals surface area contributed by atoms with E-state index in [0.717, 1.165) is 33.6 Å². The van der Waals surface area contributed by atoms with Crippen molar-refractivity contribution in [3.05, 3.63) is 101 Å². The smallest absolute Gasteiger partial charge is 0.329 e. The number of ether oxygens (including phenoxy) is 1. The lowest BCUT2D eigenvalue weighted by Crippen LogP contribution is -2.16. The third-order valence-electron chi connectivity index (χ3n) is 4.86. The molecule has 0 amide bonds. The number of benzene rings is 3. The molecule has 0 saturated heterocycles. The molecule has 31 heavy (non-hydrogen) atoms. The highest BCUT2D eigenvalue weighted by molar-refractivity contribution is 7.14. The summed E-state index contributed by atoms with van der Waals surface area (Å²) in [6.45, 7) is 0.523. The van der Waals surface area contributed by atoms with Crippen molar-refractivity contribution in [3.63, 3.8) is 0 Å². The average molecular weight is 430 g/mol. The summed E-state index contributed by atoms with van der Waals surface area (Å²) >= 11 is 1.69. The monoisotopic (exact) mass is 429 g/mol. The van der Waals surface area contributed by atoms with Gasteiger partial charge >= 0.3 is 5.97 Å². The number of carbonyl (C=O) groups excluding carboxylic acids is 1. The summed E-state index contributed by atoms with van der Waals surface area (Å²) in [6, 6.07) is 28.4. The molecule has 0 radical (unpaired) electrons. The Hall–Kier alpha value is -3.41. The van der Waals surface area contributed by atoms with Crippen LogP contribution in [-0.2, 0) is 22.7 Å². The summed E-state index contributed by atoms with van der Waals surface area (Å²) < 4.78 is 6.17. The zero-order valence-corrected chi connectivity index (χ0v) is 18.0. The summed E-state index contributed by atoms with van der Waals surface area (Å²) in [5, 5.41) is 2.09. The summed E-state index contributed by atoms with van der Waals surface area (Å²) in [5.74, 6) is 0.550. The lowest BCUT2D eigenvalue weighted by Gasteiger charge is -2.13. The topological polar surface area (TPSA) is 47.6 Å². The number of hydroxylamine groups is 1. The average Bonchev–Trinajstić information content (AvgIpc) is 3.29. The molecule has 0 aliphatic carbocycles. The third kappa shape index (κ3) is 5.20. The standard InChI is InChI=1S/C26H23NO3S/c1-27-30-25(28)17-19-11-13-21(14-12-19)26-23(15-16-31-26)22-9-5-6-10-24(22)29-18-20-7-3-2-4-8-20/h2-16,27H,17-18H2,1H3. The highest BCUT2D eigenvalue weighted by Gasteiger charge is 2.14. The van der Waals surface area contributed by atoms with Crippen LogP contribution >= 0.6 is 11.3 Å². The largest absolute Gasteiger partial charge is 0.488 e. The summed E-state index contributed by atoms with van der Waals surface area (Å²) in [4.78, 5) is 17.6. The molecule has 0 unspecified atom stereocenters. The van der Waals surface area contributed by atoms with Crippen LogP contribution in [0.5, 0.6) is 5.75 Å². The summed E-state index contributed by atoms with van der Waals surface area (Å²) in [7, 11) is 1.57. The Morgan fingerprint density at radius 3 is 2.35 bits per heavy atom. The van der Waals surface area contributed by atoms with Gasteiger partial charge in [-0.3, -0.25) is 4.79 Å². The fraction of sp³-hybridized carbons (Fsp3) is 0.115. The summed E-state index contributed by atoms with van der Waals surface area (Å²) in [6.07, 6.45) is 0.231. The maximum atomic E-state index is 11.7. The van der Waals surface area contributed by atoms with Crippen LogP contribution in [0.25, 0.3) is 21.6 Å². The Kier molecular flexibility index (Phi) is 6.77. The van der Waals surface area contributed by atoms with E-state index in [9.17, 15) is 4.79 Å². The van der Waals surface area contributed by atoms with Gasteiger partial charge in [0.25, 0.3) is 0 Å². The van der Waals surface area contributed by atoms with E-state index in [-0.39, 0.29) is 12.4 Å². The van der Waals surface area contributed by atoms with Gasteiger partial charge in [-0.1, -0.05) is 72.8 Å². The van der Waals surface area contributed by atoms with E-state index in [1.807, 2.05) is 60.7 Å². The van der Waals surface area contributed by atoms with Crippen LogP contribution in [0.4, 0.5) is 0 Å². The number of carbonyl (C=O) groups is 1. The van der Waals surface area contributed by atoms with Crippen molar-refractivity contribution in [1.29, 1.82) is 0 Å². The van der Waals surface area contributed by atoms with Crippen molar-refractivity contribution in [3.8, 4) is 27.3 Å². The zero-order valence-electron chi connectivity index (χ0n) is 17.2. The van der Waals surface area contributed by atoms with Crippen molar-refractivity contribution in [1.82, 2.24) is 5.48 Å². The van der Waals surface area contributed by atoms with Gasteiger partial charge in [0.1, 0.15) is 12.4 Å². The van der Waals surface area contributed by atoms with Gasteiger partial charge in [0.05, 0.1) is 6.42 Å². The number of hydrogen-bond donors (Lipinski definition) is 1. The highest BCUT2D eigenvalue weighted by atomic mass is 32.1. The van der Waals surface area contributed by atoms with Gasteiger partial charge in [-0.25, -0.2) is 0 Å². The maximum absolute atomic E-state index is 11.7. The second-order valence-electron chi connectivity index (χ2n) is 6.99. The van der Waals surface area contributed by atoms with Gasteiger partial charge in [0.15, 0.2) is 0 Å². The van der Waals surface area contributed by atoms with Crippen molar-refractivity contribution in [2.75, 3.05) is 7.05 Å². The van der Waals surface area contributed by atoms with Gasteiger partial charge in [-0.05, 0) is 34.2 Å². The van der Waals surface area contributed by atoms with E-state index < -0.39 is 0 Å². The van der Waals surface area contributed by atoms with Crippen molar-refractivity contribution in [2.45, 2.75) is 13.0 Å². The first-order valence-corrected chi connectivity index (χ1v) is 10.9. The molecule has 0 spiro atoms. The molecule has 156 valence electrons. The molecule has 0 bridgehead atoms. The van der Waals surface area contributed by atoms with E-state index in [1.54, 1.807) is 18.4 Å². The number of para-hydroxylation sites is 1. The molecule has 1 aromatic heterocycles. The molecule has 3 aromatic carbocycles. The molecule has 4 nitrogen and oxygen atoms in total. The maximum Gasteiger partial charge on any atom is 0.329 e. The molecule has 0 atom stereocenters. The predicted octanol–water partition coefficient (Wildman–Crippen LogP) is 5.88. The molecule has 0 aliphatic heterocycles. The number of nitrogens with one attached hydrogen (secondary N) is 1. The van der Waals surface area contributed by atoms with Crippen molar-refractivity contribution >= 4 is 17.3 Å². The molecule has 4 rings (SSSR count). The Labute approximate surface area is 186 Å². The second-order valence-corrected chi connectivity index (χ2v) is 7.90. The third-order valence-corrected chi connectivity index (χ3v) is 5.82. The van der Waals surface area contributed by atoms with Gasteiger partial charge < -0.3 is 9.57 Å². The first-order valence-electron chi connectivity index (χ1n) is 10.0. The molecule has 5 heteroatoms.